The molecule has 1 aromatic heterocycles. The van der Waals surface area contributed by atoms with Crippen molar-refractivity contribution < 1.29 is 18.3 Å². The van der Waals surface area contributed by atoms with Crippen LogP contribution in [0.25, 0.3) is 0 Å². The number of ether oxygens (including phenoxy) is 1. The van der Waals surface area contributed by atoms with Gasteiger partial charge in [0.05, 0.1) is 12.0 Å². The molecule has 0 aliphatic carbocycles. The Morgan fingerprint density at radius 2 is 1.86 bits per heavy atom. The van der Waals surface area contributed by atoms with Crippen molar-refractivity contribution in [2.75, 3.05) is 6.61 Å². The van der Waals surface area contributed by atoms with Crippen molar-refractivity contribution in [1.82, 2.24) is 4.98 Å². The Hall–Kier alpha value is -2.30. The fourth-order valence-corrected chi connectivity index (χ4v) is 2.33. The Labute approximate surface area is 128 Å². The maximum Gasteiger partial charge on any atom is 0.316 e. The highest BCUT2D eigenvalue weighted by Crippen LogP contribution is 2.31. The third-order valence-electron chi connectivity index (χ3n) is 3.59. The van der Waals surface area contributed by atoms with Gasteiger partial charge in [-0.1, -0.05) is 6.07 Å². The predicted octanol–water partition coefficient (Wildman–Crippen LogP) is 3.42. The monoisotopic (exact) mass is 305 g/mol. The second-order valence-electron chi connectivity index (χ2n) is 5.21. The van der Waals surface area contributed by atoms with Crippen LogP contribution >= 0.6 is 0 Å². The fraction of sp³-hybridized carbons (Fsp3) is 0.294. The molecule has 1 unspecified atom stereocenters. The van der Waals surface area contributed by atoms with Gasteiger partial charge in [0.15, 0.2) is 11.6 Å². The molecule has 3 nitrogen and oxygen atoms in total. The lowest BCUT2D eigenvalue weighted by Gasteiger charge is -2.28. The molecule has 22 heavy (non-hydrogen) atoms. The van der Waals surface area contributed by atoms with E-state index >= 15 is 0 Å². The molecule has 0 spiro atoms. The van der Waals surface area contributed by atoms with Crippen LogP contribution in [0.3, 0.4) is 0 Å². The molecule has 1 atom stereocenters. The van der Waals surface area contributed by atoms with Gasteiger partial charge in [0, 0.05) is 12.4 Å². The smallest absolute Gasteiger partial charge is 0.316 e. The zero-order valence-electron chi connectivity index (χ0n) is 12.5. The minimum atomic E-state index is -1.11. The molecule has 0 saturated heterocycles. The minimum absolute atomic E-state index is 0.217. The molecule has 0 aliphatic heterocycles. The van der Waals surface area contributed by atoms with Crippen molar-refractivity contribution in [3.63, 3.8) is 0 Å². The lowest BCUT2D eigenvalue weighted by molar-refractivity contribution is -0.149. The summed E-state index contributed by atoms with van der Waals surface area (Å²) in [4.78, 5) is 16.3. The minimum Gasteiger partial charge on any atom is -0.465 e. The van der Waals surface area contributed by atoms with Gasteiger partial charge in [0.25, 0.3) is 0 Å². The first-order valence-corrected chi connectivity index (χ1v) is 6.99. The van der Waals surface area contributed by atoms with E-state index in [1.165, 1.54) is 6.07 Å². The molecule has 1 heterocycles. The normalized spacial score (nSPS) is 13.5. The van der Waals surface area contributed by atoms with Gasteiger partial charge in [0.1, 0.15) is 0 Å². The number of carbonyl (C=O) groups is 1. The number of hydrogen-bond donors (Lipinski definition) is 0. The highest BCUT2D eigenvalue weighted by atomic mass is 19.2. The third kappa shape index (κ3) is 3.30. The second-order valence-corrected chi connectivity index (χ2v) is 5.21. The third-order valence-corrected chi connectivity index (χ3v) is 3.59. The van der Waals surface area contributed by atoms with Crippen LogP contribution in [-0.4, -0.2) is 17.6 Å². The van der Waals surface area contributed by atoms with Gasteiger partial charge < -0.3 is 4.74 Å². The summed E-state index contributed by atoms with van der Waals surface area (Å²) in [6.07, 6.45) is 3.54. The summed E-state index contributed by atoms with van der Waals surface area (Å²) in [5, 5.41) is 0. The molecular weight excluding hydrogens is 288 g/mol. The molecular formula is C17H17F2NO2. The van der Waals surface area contributed by atoms with Gasteiger partial charge in [0.2, 0.25) is 0 Å². The van der Waals surface area contributed by atoms with Crippen molar-refractivity contribution in [1.29, 1.82) is 0 Å². The zero-order valence-corrected chi connectivity index (χ0v) is 12.5. The van der Waals surface area contributed by atoms with Gasteiger partial charge in [-0.2, -0.15) is 0 Å². The first-order chi connectivity index (χ1) is 10.5. The molecule has 116 valence electrons. The Morgan fingerprint density at radius 3 is 2.45 bits per heavy atom. The van der Waals surface area contributed by atoms with E-state index in [2.05, 4.69) is 4.98 Å². The Kier molecular flexibility index (Phi) is 4.85. The number of halogens is 2. The molecule has 5 heteroatoms. The molecule has 2 rings (SSSR count). The molecule has 0 bridgehead atoms. The number of esters is 1. The average Bonchev–Trinajstić information content (AvgIpc) is 2.51. The predicted molar refractivity (Wildman–Crippen MR) is 78.3 cm³/mol. The first-order valence-electron chi connectivity index (χ1n) is 6.99. The molecule has 0 amide bonds. The van der Waals surface area contributed by atoms with Crippen LogP contribution < -0.4 is 0 Å². The van der Waals surface area contributed by atoms with Gasteiger partial charge in [-0.15, -0.1) is 0 Å². The maximum atomic E-state index is 13.6. The molecule has 0 aliphatic rings. The van der Waals surface area contributed by atoms with E-state index in [4.69, 9.17) is 4.74 Å². The zero-order chi connectivity index (χ0) is 16.2. The molecule has 0 fully saturated rings. The summed E-state index contributed by atoms with van der Waals surface area (Å²) in [5.41, 5.74) is 0.128. The SMILES string of the molecule is CCOC(=O)C(C)(Cc1ccncc1)c1ccc(F)c(F)c1. The van der Waals surface area contributed by atoms with Gasteiger partial charge >= 0.3 is 5.97 Å². The van der Waals surface area contributed by atoms with Crippen LogP contribution in [0.4, 0.5) is 8.78 Å². The van der Waals surface area contributed by atoms with E-state index in [0.717, 1.165) is 17.7 Å². The molecule has 1 aromatic carbocycles. The number of rotatable bonds is 5. The summed E-state index contributed by atoms with van der Waals surface area (Å²) in [5.74, 6) is -2.40. The number of hydrogen-bond acceptors (Lipinski definition) is 3. The van der Waals surface area contributed by atoms with Gasteiger partial charge in [-0.25, -0.2) is 8.78 Å². The van der Waals surface area contributed by atoms with Crippen LogP contribution in [0.15, 0.2) is 42.7 Å². The van der Waals surface area contributed by atoms with Gasteiger partial charge in [-0.05, 0) is 55.7 Å². The van der Waals surface area contributed by atoms with E-state index in [-0.39, 0.29) is 6.61 Å². The van der Waals surface area contributed by atoms with Crippen LogP contribution in [-0.2, 0) is 21.4 Å². The standard InChI is InChI=1S/C17H17F2NO2/c1-3-22-16(21)17(2,11-12-6-8-20-9-7-12)13-4-5-14(18)15(19)10-13/h4-10H,3,11H2,1-2H3. The quantitative estimate of drug-likeness (QED) is 0.795. The van der Waals surface area contributed by atoms with Crippen LogP contribution in [0.2, 0.25) is 0 Å². The highest BCUT2D eigenvalue weighted by Gasteiger charge is 2.37. The van der Waals surface area contributed by atoms with E-state index in [1.54, 1.807) is 38.4 Å². The largest absolute Gasteiger partial charge is 0.465 e. The van der Waals surface area contributed by atoms with Crippen molar-refractivity contribution in [3.05, 3.63) is 65.5 Å². The number of carbonyl (C=O) groups excluding carboxylic acids is 1. The molecule has 0 saturated carbocycles. The van der Waals surface area contributed by atoms with Crippen LogP contribution in [0.1, 0.15) is 25.0 Å². The number of aromatic nitrogens is 1. The summed E-state index contributed by atoms with van der Waals surface area (Å²) in [6, 6.07) is 7.04. The Morgan fingerprint density at radius 1 is 1.18 bits per heavy atom. The van der Waals surface area contributed by atoms with E-state index in [0.29, 0.717) is 12.0 Å². The number of nitrogens with zero attached hydrogens (tertiary/aromatic N) is 1. The molecule has 0 N–H and O–H groups in total. The van der Waals surface area contributed by atoms with E-state index < -0.39 is 23.0 Å². The Bertz CT molecular complexity index is 661. The summed E-state index contributed by atoms with van der Waals surface area (Å²) < 4.78 is 31.9. The summed E-state index contributed by atoms with van der Waals surface area (Å²) in [6.45, 7) is 3.59. The van der Waals surface area contributed by atoms with E-state index in [9.17, 15) is 13.6 Å². The summed E-state index contributed by atoms with van der Waals surface area (Å²) >= 11 is 0. The van der Waals surface area contributed by atoms with Crippen molar-refractivity contribution in [2.45, 2.75) is 25.7 Å². The lowest BCUT2D eigenvalue weighted by Crippen LogP contribution is -2.37. The fourth-order valence-electron chi connectivity index (χ4n) is 2.33. The number of benzene rings is 1. The van der Waals surface area contributed by atoms with Crippen LogP contribution in [0.5, 0.6) is 0 Å². The second kappa shape index (κ2) is 6.64. The van der Waals surface area contributed by atoms with Crippen molar-refractivity contribution in [3.8, 4) is 0 Å². The highest BCUT2D eigenvalue weighted by molar-refractivity contribution is 5.83. The summed E-state index contributed by atoms with van der Waals surface area (Å²) in [7, 11) is 0. The lowest BCUT2D eigenvalue weighted by atomic mass is 9.77. The first kappa shape index (κ1) is 16.1. The molecule has 0 radical (unpaired) electrons. The molecule has 2 aromatic rings. The van der Waals surface area contributed by atoms with Crippen molar-refractivity contribution >= 4 is 5.97 Å². The van der Waals surface area contributed by atoms with E-state index in [1.807, 2.05) is 0 Å². The van der Waals surface area contributed by atoms with Crippen molar-refractivity contribution in [2.24, 2.45) is 0 Å². The average molecular weight is 305 g/mol. The topological polar surface area (TPSA) is 39.2 Å². The maximum absolute atomic E-state index is 13.6. The Balaban J connectivity index is 2.44. The number of pyridine rings is 1. The van der Waals surface area contributed by atoms with Crippen LogP contribution in [0, 0.1) is 11.6 Å². The van der Waals surface area contributed by atoms with Gasteiger partial charge in [-0.3, -0.25) is 9.78 Å².